The average Bonchev–Trinajstić information content (AvgIpc) is 2.84. The first kappa shape index (κ1) is 21.2. The summed E-state index contributed by atoms with van der Waals surface area (Å²) in [5, 5.41) is 1.74. The Morgan fingerprint density at radius 2 is 1.76 bits per heavy atom. The molecule has 0 atom stereocenters. The molecule has 3 heterocycles. The molecule has 1 N–H and O–H groups in total. The van der Waals surface area contributed by atoms with E-state index in [1.165, 1.54) is 11.8 Å². The zero-order chi connectivity index (χ0) is 22.9. The number of rotatable bonds is 3. The van der Waals surface area contributed by atoms with Gasteiger partial charge in [0.25, 0.3) is 11.5 Å². The van der Waals surface area contributed by atoms with Gasteiger partial charge >= 0.3 is 0 Å². The van der Waals surface area contributed by atoms with Crippen molar-refractivity contribution in [3.63, 3.8) is 0 Å². The first-order valence-corrected chi connectivity index (χ1v) is 11.1. The minimum absolute atomic E-state index is 0.0424. The average molecular weight is 460 g/mol. The molecule has 8 heteroatoms. The molecule has 1 amide bonds. The van der Waals surface area contributed by atoms with Crippen LogP contribution in [0.25, 0.3) is 22.3 Å². The Kier molecular flexibility index (Phi) is 5.56. The minimum Gasteiger partial charge on any atom is -0.353 e. The fourth-order valence-electron chi connectivity index (χ4n) is 4.10. The molecule has 1 saturated heterocycles. The van der Waals surface area contributed by atoms with E-state index in [-0.39, 0.29) is 11.5 Å². The lowest BCUT2D eigenvalue weighted by molar-refractivity contribution is 0.0744. The molecule has 5 rings (SSSR count). The highest BCUT2D eigenvalue weighted by Gasteiger charge is 2.25. The molecule has 7 nitrogen and oxygen atoms in total. The fraction of sp³-hybridized carbons (Fsp3) is 0.200. The summed E-state index contributed by atoms with van der Waals surface area (Å²) >= 11 is 5.92. The highest BCUT2D eigenvalue weighted by atomic mass is 35.5. The molecule has 1 aliphatic rings. The maximum atomic E-state index is 13.0. The summed E-state index contributed by atoms with van der Waals surface area (Å²) in [6.07, 6.45) is 1.35. The van der Waals surface area contributed by atoms with Crippen molar-refractivity contribution in [1.82, 2.24) is 19.9 Å². The number of benzene rings is 2. The van der Waals surface area contributed by atoms with Gasteiger partial charge in [0.15, 0.2) is 0 Å². The number of anilines is 1. The van der Waals surface area contributed by atoms with Crippen molar-refractivity contribution in [2.24, 2.45) is 0 Å². The Hall–Kier alpha value is -3.71. The van der Waals surface area contributed by atoms with Gasteiger partial charge in [0.1, 0.15) is 17.2 Å². The molecule has 4 aromatic rings. The lowest BCUT2D eigenvalue weighted by atomic mass is 10.1. The summed E-state index contributed by atoms with van der Waals surface area (Å²) in [7, 11) is 0. The van der Waals surface area contributed by atoms with Crippen LogP contribution in [0.1, 0.15) is 15.9 Å². The van der Waals surface area contributed by atoms with Gasteiger partial charge in [0.2, 0.25) is 0 Å². The van der Waals surface area contributed by atoms with Gasteiger partial charge in [0.05, 0.1) is 5.52 Å². The number of nitrogens with one attached hydrogen (secondary N) is 1. The third kappa shape index (κ3) is 4.19. The Balaban J connectivity index is 1.30. The van der Waals surface area contributed by atoms with E-state index in [0.717, 1.165) is 22.3 Å². The molecule has 0 bridgehead atoms. The molecule has 0 aliphatic carbocycles. The van der Waals surface area contributed by atoms with E-state index >= 15 is 0 Å². The zero-order valence-corrected chi connectivity index (χ0v) is 18.8. The van der Waals surface area contributed by atoms with Gasteiger partial charge in [0, 0.05) is 48.3 Å². The lowest BCUT2D eigenvalue weighted by Crippen LogP contribution is -2.50. The van der Waals surface area contributed by atoms with Crippen LogP contribution in [0.4, 0.5) is 5.82 Å². The van der Waals surface area contributed by atoms with E-state index < -0.39 is 5.56 Å². The Morgan fingerprint density at radius 3 is 2.48 bits per heavy atom. The van der Waals surface area contributed by atoms with E-state index in [2.05, 4.69) is 33.9 Å². The molecule has 33 heavy (non-hydrogen) atoms. The predicted molar refractivity (Wildman–Crippen MR) is 130 cm³/mol. The Morgan fingerprint density at radius 1 is 1.03 bits per heavy atom. The molecule has 0 radical (unpaired) electrons. The summed E-state index contributed by atoms with van der Waals surface area (Å²) in [5.74, 6) is 0.995. The number of hydrogen-bond acceptors (Lipinski definition) is 5. The predicted octanol–water partition coefficient (Wildman–Crippen LogP) is 3.91. The second kappa shape index (κ2) is 8.67. The maximum absolute atomic E-state index is 13.0. The second-order valence-electron chi connectivity index (χ2n) is 8.08. The number of piperazine rings is 1. The number of amides is 1. The monoisotopic (exact) mass is 459 g/mol. The van der Waals surface area contributed by atoms with Crippen molar-refractivity contribution >= 4 is 34.2 Å². The van der Waals surface area contributed by atoms with Crippen LogP contribution in [0, 0.1) is 6.92 Å². The number of aromatic amines is 1. The van der Waals surface area contributed by atoms with Crippen LogP contribution in [0.2, 0.25) is 5.02 Å². The number of halogens is 1. The Labute approximate surface area is 195 Å². The lowest BCUT2D eigenvalue weighted by Gasteiger charge is -2.35. The van der Waals surface area contributed by atoms with Crippen LogP contribution in [-0.4, -0.2) is 51.9 Å². The molecule has 2 aromatic heterocycles. The van der Waals surface area contributed by atoms with Crippen LogP contribution in [0.3, 0.4) is 0 Å². The molecule has 2 aromatic carbocycles. The number of aromatic nitrogens is 3. The molecular weight excluding hydrogens is 438 g/mol. The van der Waals surface area contributed by atoms with E-state index in [1.54, 1.807) is 29.2 Å². The van der Waals surface area contributed by atoms with Gasteiger partial charge in [-0.15, -0.1) is 0 Å². The van der Waals surface area contributed by atoms with Crippen LogP contribution in [-0.2, 0) is 0 Å². The molecule has 166 valence electrons. The molecule has 1 aliphatic heterocycles. The largest absolute Gasteiger partial charge is 0.353 e. The second-order valence-corrected chi connectivity index (χ2v) is 8.51. The van der Waals surface area contributed by atoms with E-state index in [4.69, 9.17) is 16.6 Å². The van der Waals surface area contributed by atoms with Crippen molar-refractivity contribution in [3.8, 4) is 11.4 Å². The van der Waals surface area contributed by atoms with Gasteiger partial charge in [-0.05, 0) is 48.9 Å². The fourth-order valence-corrected chi connectivity index (χ4v) is 4.23. The van der Waals surface area contributed by atoms with E-state index in [1.807, 2.05) is 18.2 Å². The smallest absolute Gasteiger partial charge is 0.264 e. The number of fused-ring (bicyclic) bond motifs is 1. The van der Waals surface area contributed by atoms with Gasteiger partial charge in [-0.1, -0.05) is 29.8 Å². The quantitative estimate of drug-likeness (QED) is 0.502. The molecule has 0 saturated carbocycles. The van der Waals surface area contributed by atoms with Crippen LogP contribution >= 0.6 is 11.6 Å². The molecule has 0 spiro atoms. The summed E-state index contributed by atoms with van der Waals surface area (Å²) in [6, 6.07) is 17.2. The zero-order valence-electron chi connectivity index (χ0n) is 18.1. The highest BCUT2D eigenvalue weighted by molar-refractivity contribution is 6.30. The summed E-state index contributed by atoms with van der Waals surface area (Å²) in [6.45, 7) is 4.38. The SMILES string of the molecule is Cc1cc(N2CCN(C(=O)c3cnc(-c4ccc(Cl)cc4)[nH]c3=O)CC2)nc2ccccc12. The standard InChI is InChI=1S/C25H22ClN5O2/c1-16-14-22(28-21-5-3-2-4-19(16)21)30-10-12-31(13-11-30)25(33)20-15-27-23(29-24(20)32)17-6-8-18(26)9-7-17/h2-9,14-15H,10-13H2,1H3,(H,27,29,32). The van der Waals surface area contributed by atoms with E-state index in [0.29, 0.717) is 37.0 Å². The van der Waals surface area contributed by atoms with Crippen molar-refractivity contribution in [1.29, 1.82) is 0 Å². The van der Waals surface area contributed by atoms with Crippen molar-refractivity contribution in [2.45, 2.75) is 6.92 Å². The number of para-hydroxylation sites is 1. The highest BCUT2D eigenvalue weighted by Crippen LogP contribution is 2.23. The number of hydrogen-bond donors (Lipinski definition) is 1. The Bertz CT molecular complexity index is 1390. The van der Waals surface area contributed by atoms with Crippen LogP contribution < -0.4 is 10.5 Å². The van der Waals surface area contributed by atoms with E-state index in [9.17, 15) is 9.59 Å². The van der Waals surface area contributed by atoms with Crippen molar-refractivity contribution in [3.05, 3.63) is 87.3 Å². The molecule has 0 unspecified atom stereocenters. The number of H-pyrrole nitrogens is 1. The third-order valence-electron chi connectivity index (χ3n) is 5.95. The first-order valence-electron chi connectivity index (χ1n) is 10.8. The van der Waals surface area contributed by atoms with Gasteiger partial charge < -0.3 is 14.8 Å². The topological polar surface area (TPSA) is 82.2 Å². The van der Waals surface area contributed by atoms with Gasteiger partial charge in [-0.25, -0.2) is 9.97 Å². The third-order valence-corrected chi connectivity index (χ3v) is 6.20. The number of carbonyl (C=O) groups excluding carboxylic acids is 1. The number of pyridine rings is 1. The first-order chi connectivity index (χ1) is 16.0. The maximum Gasteiger partial charge on any atom is 0.264 e. The van der Waals surface area contributed by atoms with Gasteiger partial charge in [-0.3, -0.25) is 9.59 Å². The van der Waals surface area contributed by atoms with Crippen LogP contribution in [0.15, 0.2) is 65.6 Å². The number of aryl methyl sites for hydroxylation is 1. The summed E-state index contributed by atoms with van der Waals surface area (Å²) in [5.41, 5.74) is 2.45. The molecule has 1 fully saturated rings. The van der Waals surface area contributed by atoms with Gasteiger partial charge in [-0.2, -0.15) is 0 Å². The van der Waals surface area contributed by atoms with Crippen molar-refractivity contribution < 1.29 is 4.79 Å². The van der Waals surface area contributed by atoms with Crippen molar-refractivity contribution in [2.75, 3.05) is 31.1 Å². The normalized spacial score (nSPS) is 14.0. The minimum atomic E-state index is -0.450. The number of nitrogens with zero attached hydrogens (tertiary/aromatic N) is 4. The number of carbonyl (C=O) groups is 1. The van der Waals surface area contributed by atoms with Crippen LogP contribution in [0.5, 0.6) is 0 Å². The molecular formula is C25H22ClN5O2. The summed E-state index contributed by atoms with van der Waals surface area (Å²) in [4.78, 5) is 41.3. The summed E-state index contributed by atoms with van der Waals surface area (Å²) < 4.78 is 0.